The Hall–Kier alpha value is -1.06. The maximum atomic E-state index is 10.6. The highest BCUT2D eigenvalue weighted by atomic mass is 127. The van der Waals surface area contributed by atoms with Gasteiger partial charge >= 0.3 is 0 Å². The maximum Gasteiger partial charge on any atom is 0.191 e. The summed E-state index contributed by atoms with van der Waals surface area (Å²) >= 11 is 1.58. The van der Waals surface area contributed by atoms with E-state index in [4.69, 9.17) is 4.42 Å². The lowest BCUT2D eigenvalue weighted by Gasteiger charge is -2.24. The highest BCUT2D eigenvalue weighted by Crippen LogP contribution is 2.22. The summed E-state index contributed by atoms with van der Waals surface area (Å²) < 4.78 is 5.52. The second-order valence-corrected chi connectivity index (χ2v) is 6.55. The molecular weight excluding hydrogens is 437 g/mol. The van der Waals surface area contributed by atoms with Crippen molar-refractivity contribution in [2.24, 2.45) is 4.99 Å². The second-order valence-electron chi connectivity index (χ2n) is 5.77. The third-order valence-corrected chi connectivity index (χ3v) is 4.32. The lowest BCUT2D eigenvalue weighted by molar-refractivity contribution is 0.0621. The number of halogens is 1. The van der Waals surface area contributed by atoms with E-state index in [-0.39, 0.29) is 24.0 Å². The SMILES string of the molecule is CCNC(=NCc1cc(C)oc1C)NCC(C)(O)c1ccsc1.I. The Kier molecular flexibility index (Phi) is 8.24. The van der Waals surface area contributed by atoms with Gasteiger partial charge in [-0.25, -0.2) is 4.99 Å². The molecule has 24 heavy (non-hydrogen) atoms. The van der Waals surface area contributed by atoms with E-state index in [1.54, 1.807) is 18.3 Å². The molecule has 0 aliphatic heterocycles. The summed E-state index contributed by atoms with van der Waals surface area (Å²) in [6, 6.07) is 3.94. The molecule has 2 heterocycles. The number of aryl methyl sites for hydroxylation is 2. The van der Waals surface area contributed by atoms with Gasteiger partial charge in [0.25, 0.3) is 0 Å². The van der Waals surface area contributed by atoms with Crippen LogP contribution >= 0.6 is 35.3 Å². The highest BCUT2D eigenvalue weighted by molar-refractivity contribution is 14.0. The normalized spacial score (nSPS) is 14.0. The summed E-state index contributed by atoms with van der Waals surface area (Å²) in [7, 11) is 0. The van der Waals surface area contributed by atoms with Gasteiger partial charge in [0.05, 0.1) is 13.1 Å². The predicted molar refractivity (Wildman–Crippen MR) is 110 cm³/mol. The summed E-state index contributed by atoms with van der Waals surface area (Å²) in [6.45, 7) is 9.38. The van der Waals surface area contributed by atoms with E-state index in [0.717, 1.165) is 29.2 Å². The summed E-state index contributed by atoms with van der Waals surface area (Å²) in [5, 5.41) is 20.9. The number of nitrogens with one attached hydrogen (secondary N) is 2. The molecule has 0 spiro atoms. The number of nitrogens with zero attached hydrogens (tertiary/aromatic N) is 1. The minimum atomic E-state index is -0.932. The van der Waals surface area contributed by atoms with E-state index < -0.39 is 5.60 Å². The van der Waals surface area contributed by atoms with Gasteiger partial charge in [-0.15, -0.1) is 24.0 Å². The molecule has 0 fully saturated rings. The minimum Gasteiger partial charge on any atom is -0.466 e. The fourth-order valence-corrected chi connectivity index (χ4v) is 3.06. The Morgan fingerprint density at radius 3 is 2.67 bits per heavy atom. The largest absolute Gasteiger partial charge is 0.466 e. The van der Waals surface area contributed by atoms with Gasteiger partial charge in [0.15, 0.2) is 5.96 Å². The average molecular weight is 463 g/mol. The van der Waals surface area contributed by atoms with Gasteiger partial charge in [-0.1, -0.05) is 0 Å². The van der Waals surface area contributed by atoms with Crippen molar-refractivity contribution in [3.63, 3.8) is 0 Å². The van der Waals surface area contributed by atoms with Gasteiger partial charge in [0.1, 0.15) is 17.1 Å². The third kappa shape index (κ3) is 5.78. The number of thiophene rings is 1. The summed E-state index contributed by atoms with van der Waals surface area (Å²) in [6.07, 6.45) is 0. The van der Waals surface area contributed by atoms with Crippen LogP contribution in [0.15, 0.2) is 32.3 Å². The molecule has 3 N–H and O–H groups in total. The maximum absolute atomic E-state index is 10.6. The monoisotopic (exact) mass is 463 g/mol. The zero-order chi connectivity index (χ0) is 16.9. The first-order valence-electron chi connectivity index (χ1n) is 7.75. The first kappa shape index (κ1) is 21.0. The summed E-state index contributed by atoms with van der Waals surface area (Å²) in [5.74, 6) is 2.47. The highest BCUT2D eigenvalue weighted by Gasteiger charge is 2.23. The van der Waals surface area contributed by atoms with E-state index in [1.165, 1.54) is 0 Å². The molecule has 1 unspecified atom stereocenters. The molecule has 0 aromatic carbocycles. The predicted octanol–water partition coefficient (Wildman–Crippen LogP) is 3.54. The fraction of sp³-hybridized carbons (Fsp3) is 0.471. The molecule has 7 heteroatoms. The van der Waals surface area contributed by atoms with Crippen LogP contribution in [0.2, 0.25) is 0 Å². The molecular formula is C17H26IN3O2S. The van der Waals surface area contributed by atoms with Crippen LogP contribution in [-0.4, -0.2) is 24.2 Å². The molecule has 0 aliphatic carbocycles. The molecule has 0 amide bonds. The van der Waals surface area contributed by atoms with E-state index in [1.807, 2.05) is 43.7 Å². The number of aliphatic imine (C=N–C) groups is 1. The number of hydrogen-bond acceptors (Lipinski definition) is 4. The van der Waals surface area contributed by atoms with Crippen LogP contribution in [0.25, 0.3) is 0 Å². The van der Waals surface area contributed by atoms with E-state index >= 15 is 0 Å². The van der Waals surface area contributed by atoms with Crippen molar-refractivity contribution in [2.75, 3.05) is 13.1 Å². The number of hydrogen-bond donors (Lipinski definition) is 3. The van der Waals surface area contributed by atoms with Crippen LogP contribution in [0.3, 0.4) is 0 Å². The fourth-order valence-electron chi connectivity index (χ4n) is 2.28. The van der Waals surface area contributed by atoms with Gasteiger partial charge in [-0.2, -0.15) is 11.3 Å². The van der Waals surface area contributed by atoms with Gasteiger partial charge in [0, 0.05) is 12.1 Å². The van der Waals surface area contributed by atoms with E-state index in [2.05, 4.69) is 15.6 Å². The molecule has 2 rings (SSSR count). The molecule has 2 aromatic heterocycles. The molecule has 0 saturated heterocycles. The van der Waals surface area contributed by atoms with Crippen molar-refractivity contribution in [3.05, 3.63) is 45.5 Å². The number of guanidine groups is 1. The number of aliphatic hydroxyl groups is 1. The van der Waals surface area contributed by atoms with E-state index in [0.29, 0.717) is 19.0 Å². The summed E-state index contributed by atoms with van der Waals surface area (Å²) in [5.41, 5.74) is 1.05. The first-order valence-corrected chi connectivity index (χ1v) is 8.70. The van der Waals surface area contributed by atoms with Crippen LogP contribution in [0.1, 0.15) is 36.5 Å². The average Bonchev–Trinajstić information content (AvgIpc) is 3.12. The lowest BCUT2D eigenvalue weighted by atomic mass is 9.99. The van der Waals surface area contributed by atoms with Crippen LogP contribution in [0.5, 0.6) is 0 Å². The van der Waals surface area contributed by atoms with Crippen molar-refractivity contribution in [2.45, 2.75) is 39.8 Å². The molecule has 134 valence electrons. The molecule has 0 aliphatic rings. The van der Waals surface area contributed by atoms with Crippen LogP contribution < -0.4 is 10.6 Å². The Labute approximate surface area is 164 Å². The zero-order valence-electron chi connectivity index (χ0n) is 14.5. The van der Waals surface area contributed by atoms with Gasteiger partial charge in [-0.3, -0.25) is 0 Å². The first-order chi connectivity index (χ1) is 10.9. The molecule has 1 atom stereocenters. The number of rotatable bonds is 6. The van der Waals surface area contributed by atoms with Crippen molar-refractivity contribution in [1.82, 2.24) is 10.6 Å². The smallest absolute Gasteiger partial charge is 0.191 e. The van der Waals surface area contributed by atoms with Crippen LogP contribution in [0.4, 0.5) is 0 Å². The molecule has 0 radical (unpaired) electrons. The zero-order valence-corrected chi connectivity index (χ0v) is 17.7. The van der Waals surface area contributed by atoms with Crippen molar-refractivity contribution < 1.29 is 9.52 Å². The van der Waals surface area contributed by atoms with Gasteiger partial charge < -0.3 is 20.2 Å². The number of furan rings is 1. The quantitative estimate of drug-likeness (QED) is 0.348. The van der Waals surface area contributed by atoms with Crippen LogP contribution in [-0.2, 0) is 12.1 Å². The Bertz CT molecular complexity index is 651. The van der Waals surface area contributed by atoms with Crippen molar-refractivity contribution in [1.29, 1.82) is 0 Å². The molecule has 0 saturated carbocycles. The Balaban J connectivity index is 0.00000288. The molecule has 0 bridgehead atoms. The lowest BCUT2D eigenvalue weighted by Crippen LogP contribution is -2.44. The Morgan fingerprint density at radius 1 is 1.38 bits per heavy atom. The summed E-state index contributed by atoms with van der Waals surface area (Å²) in [4.78, 5) is 4.57. The van der Waals surface area contributed by atoms with Gasteiger partial charge in [0.2, 0.25) is 0 Å². The van der Waals surface area contributed by atoms with E-state index in [9.17, 15) is 5.11 Å². The standard InChI is InChI=1S/C17H25N3O2S.HI/c1-5-18-16(19-9-14-8-12(2)22-13(14)3)20-11-17(4,21)15-6-7-23-10-15;/h6-8,10,21H,5,9,11H2,1-4H3,(H2,18,19,20);1H. The Morgan fingerprint density at radius 2 is 2.12 bits per heavy atom. The third-order valence-electron chi connectivity index (χ3n) is 3.64. The molecule has 2 aromatic rings. The van der Waals surface area contributed by atoms with Crippen LogP contribution in [0, 0.1) is 13.8 Å². The topological polar surface area (TPSA) is 69.8 Å². The second kappa shape index (κ2) is 9.43. The minimum absolute atomic E-state index is 0. The van der Waals surface area contributed by atoms with Crippen molar-refractivity contribution >= 4 is 41.3 Å². The van der Waals surface area contributed by atoms with Crippen molar-refractivity contribution in [3.8, 4) is 0 Å². The van der Waals surface area contributed by atoms with Gasteiger partial charge in [-0.05, 0) is 56.2 Å². The molecule has 5 nitrogen and oxygen atoms in total.